The maximum Gasteiger partial charge on any atom is 0.152 e. The van der Waals surface area contributed by atoms with Crippen molar-refractivity contribution in [2.75, 3.05) is 5.73 Å². The molecule has 96 valence electrons. The molecule has 0 amide bonds. The molecule has 0 spiro atoms. The highest BCUT2D eigenvalue weighted by Crippen LogP contribution is 2.35. The number of nitrogens with two attached hydrogens (primary N) is 1. The van der Waals surface area contributed by atoms with Crippen molar-refractivity contribution in [2.45, 2.75) is 6.92 Å². The molecule has 0 aliphatic heterocycles. The van der Waals surface area contributed by atoms with E-state index in [0.717, 1.165) is 26.0 Å². The Labute approximate surface area is 123 Å². The fraction of sp³-hybridized carbons (Fsp3) is 0.0714. The first kappa shape index (κ1) is 12.4. The Bertz CT molecular complexity index is 754. The minimum Gasteiger partial charge on any atom is -0.455 e. The number of halogens is 1. The average molecular weight is 335 g/mol. The monoisotopic (exact) mass is 334 g/mol. The average Bonchev–Trinajstić information content (AvgIpc) is 2.86. The van der Waals surface area contributed by atoms with Gasteiger partial charge in [0.25, 0.3) is 0 Å². The molecule has 0 bridgehead atoms. The summed E-state index contributed by atoms with van der Waals surface area (Å²) in [5.74, 6) is 1.40. The van der Waals surface area contributed by atoms with Crippen molar-refractivity contribution in [3.8, 4) is 11.5 Å². The molecule has 0 aliphatic carbocycles. The summed E-state index contributed by atoms with van der Waals surface area (Å²) < 4.78 is 7.97. The van der Waals surface area contributed by atoms with Crippen molar-refractivity contribution >= 4 is 43.2 Å². The largest absolute Gasteiger partial charge is 0.455 e. The van der Waals surface area contributed by atoms with Gasteiger partial charge in [0, 0.05) is 4.47 Å². The number of aromatic nitrogens is 1. The van der Waals surface area contributed by atoms with Gasteiger partial charge >= 0.3 is 0 Å². The van der Waals surface area contributed by atoms with Gasteiger partial charge in [-0.2, -0.15) is 0 Å². The third kappa shape index (κ3) is 2.31. The Morgan fingerprint density at radius 1 is 1.26 bits per heavy atom. The molecule has 1 aromatic heterocycles. The molecular formula is C14H11BrN2OS. The van der Waals surface area contributed by atoms with Crippen LogP contribution in [0.1, 0.15) is 5.56 Å². The lowest BCUT2D eigenvalue weighted by atomic mass is 10.2. The predicted molar refractivity (Wildman–Crippen MR) is 83.0 cm³/mol. The summed E-state index contributed by atoms with van der Waals surface area (Å²) in [7, 11) is 0. The number of rotatable bonds is 2. The quantitative estimate of drug-likeness (QED) is 0.688. The number of hydrogen-bond donors (Lipinski definition) is 1. The molecule has 0 saturated heterocycles. The summed E-state index contributed by atoms with van der Waals surface area (Å²) >= 11 is 5.04. The maximum absolute atomic E-state index is 6.09. The normalized spacial score (nSPS) is 10.8. The highest BCUT2D eigenvalue weighted by atomic mass is 79.9. The second-order valence-corrected chi connectivity index (χ2v) is 5.93. The number of fused-ring (bicyclic) bond motifs is 1. The summed E-state index contributed by atoms with van der Waals surface area (Å²) in [6, 6.07) is 9.69. The van der Waals surface area contributed by atoms with E-state index in [9.17, 15) is 0 Å². The number of ether oxygens (including phenoxy) is 1. The Hall–Kier alpha value is -1.59. The van der Waals surface area contributed by atoms with E-state index in [1.54, 1.807) is 16.8 Å². The predicted octanol–water partition coefficient (Wildman–Crippen LogP) is 4.74. The van der Waals surface area contributed by atoms with Gasteiger partial charge in [-0.1, -0.05) is 15.9 Å². The molecular weight excluding hydrogens is 324 g/mol. The van der Waals surface area contributed by atoms with Crippen molar-refractivity contribution in [3.05, 3.63) is 45.9 Å². The second-order valence-electron chi connectivity index (χ2n) is 4.19. The summed E-state index contributed by atoms with van der Waals surface area (Å²) in [6.07, 6.45) is 0. The third-order valence-electron chi connectivity index (χ3n) is 2.86. The topological polar surface area (TPSA) is 48.1 Å². The summed E-state index contributed by atoms with van der Waals surface area (Å²) in [6.45, 7) is 2.02. The van der Waals surface area contributed by atoms with Crippen LogP contribution in [0.2, 0.25) is 0 Å². The van der Waals surface area contributed by atoms with Crippen molar-refractivity contribution in [1.82, 2.24) is 4.98 Å². The molecule has 0 unspecified atom stereocenters. The number of nitrogen functional groups attached to an aromatic ring is 1. The van der Waals surface area contributed by atoms with Gasteiger partial charge in [0.05, 0.1) is 10.2 Å². The van der Waals surface area contributed by atoms with E-state index < -0.39 is 0 Å². The summed E-state index contributed by atoms with van der Waals surface area (Å²) in [5.41, 5.74) is 10.4. The molecule has 2 aromatic carbocycles. The zero-order chi connectivity index (χ0) is 13.4. The molecule has 0 saturated carbocycles. The lowest BCUT2D eigenvalue weighted by molar-refractivity contribution is 0.485. The molecule has 5 heteroatoms. The first-order valence-corrected chi connectivity index (χ1v) is 7.38. The fourth-order valence-corrected chi connectivity index (χ4v) is 2.77. The maximum atomic E-state index is 6.09. The van der Waals surface area contributed by atoms with Crippen LogP contribution in [0.25, 0.3) is 10.2 Å². The van der Waals surface area contributed by atoms with Crippen LogP contribution in [0.4, 0.5) is 5.69 Å². The number of anilines is 1. The minimum absolute atomic E-state index is 0.583. The van der Waals surface area contributed by atoms with Crippen LogP contribution in [-0.4, -0.2) is 4.98 Å². The number of thiazole rings is 1. The number of benzene rings is 2. The number of nitrogens with zero attached hydrogens (tertiary/aromatic N) is 1. The Morgan fingerprint density at radius 3 is 2.89 bits per heavy atom. The van der Waals surface area contributed by atoms with E-state index in [4.69, 9.17) is 10.5 Å². The van der Waals surface area contributed by atoms with Gasteiger partial charge < -0.3 is 10.5 Å². The fourth-order valence-electron chi connectivity index (χ4n) is 1.83. The van der Waals surface area contributed by atoms with Crippen molar-refractivity contribution in [3.63, 3.8) is 0 Å². The lowest BCUT2D eigenvalue weighted by Gasteiger charge is -2.10. The highest BCUT2D eigenvalue weighted by molar-refractivity contribution is 9.10. The minimum atomic E-state index is 0.583. The molecule has 0 atom stereocenters. The van der Waals surface area contributed by atoms with Crippen LogP contribution in [0, 0.1) is 6.92 Å². The Balaban J connectivity index is 2.00. The van der Waals surface area contributed by atoms with E-state index in [-0.39, 0.29) is 0 Å². The van der Waals surface area contributed by atoms with Gasteiger partial charge in [-0.3, -0.25) is 0 Å². The highest BCUT2D eigenvalue weighted by Gasteiger charge is 2.09. The van der Waals surface area contributed by atoms with Gasteiger partial charge in [-0.15, -0.1) is 11.3 Å². The van der Waals surface area contributed by atoms with Gasteiger partial charge in [-0.05, 0) is 42.8 Å². The van der Waals surface area contributed by atoms with E-state index in [1.807, 2.05) is 37.3 Å². The van der Waals surface area contributed by atoms with Gasteiger partial charge in [0.1, 0.15) is 17.0 Å². The third-order valence-corrected chi connectivity index (χ3v) is 4.54. The van der Waals surface area contributed by atoms with Crippen molar-refractivity contribution < 1.29 is 4.74 Å². The van der Waals surface area contributed by atoms with E-state index in [0.29, 0.717) is 11.4 Å². The van der Waals surface area contributed by atoms with E-state index in [2.05, 4.69) is 20.9 Å². The molecule has 3 aromatic rings. The van der Waals surface area contributed by atoms with Crippen LogP contribution < -0.4 is 10.5 Å². The molecule has 3 nitrogen and oxygen atoms in total. The van der Waals surface area contributed by atoms with Gasteiger partial charge in [0.15, 0.2) is 5.75 Å². The van der Waals surface area contributed by atoms with Crippen molar-refractivity contribution in [2.24, 2.45) is 0 Å². The standard InChI is InChI=1S/C14H11BrN2OS/c1-8-6-9(2-3-10(8)15)18-11-4-5-12-14(13(11)16)17-7-19-12/h2-7H,16H2,1H3. The molecule has 0 aliphatic rings. The molecule has 19 heavy (non-hydrogen) atoms. The second kappa shape index (κ2) is 4.83. The Morgan fingerprint density at radius 2 is 2.11 bits per heavy atom. The van der Waals surface area contributed by atoms with E-state index in [1.165, 1.54) is 0 Å². The first-order valence-electron chi connectivity index (χ1n) is 5.71. The SMILES string of the molecule is Cc1cc(Oc2ccc3scnc3c2N)ccc1Br. The zero-order valence-corrected chi connectivity index (χ0v) is 12.6. The van der Waals surface area contributed by atoms with Crippen LogP contribution in [0.3, 0.4) is 0 Å². The molecule has 1 heterocycles. The molecule has 0 radical (unpaired) electrons. The van der Waals surface area contributed by atoms with Crippen LogP contribution in [0.5, 0.6) is 11.5 Å². The van der Waals surface area contributed by atoms with Crippen LogP contribution >= 0.6 is 27.3 Å². The Kier molecular flexibility index (Phi) is 3.16. The summed E-state index contributed by atoms with van der Waals surface area (Å²) in [5, 5.41) is 0. The zero-order valence-electron chi connectivity index (χ0n) is 10.2. The lowest BCUT2D eigenvalue weighted by Crippen LogP contribution is -1.93. The van der Waals surface area contributed by atoms with Gasteiger partial charge in [0.2, 0.25) is 0 Å². The molecule has 2 N–H and O–H groups in total. The molecule has 3 rings (SSSR count). The first-order chi connectivity index (χ1) is 9.15. The van der Waals surface area contributed by atoms with Crippen LogP contribution in [-0.2, 0) is 0 Å². The summed E-state index contributed by atoms with van der Waals surface area (Å²) in [4.78, 5) is 4.26. The smallest absolute Gasteiger partial charge is 0.152 e. The number of hydrogen-bond acceptors (Lipinski definition) is 4. The van der Waals surface area contributed by atoms with Crippen LogP contribution in [0.15, 0.2) is 40.3 Å². The molecule has 0 fully saturated rings. The number of aryl methyl sites for hydroxylation is 1. The van der Waals surface area contributed by atoms with E-state index >= 15 is 0 Å². The van der Waals surface area contributed by atoms with Gasteiger partial charge in [-0.25, -0.2) is 4.98 Å². The van der Waals surface area contributed by atoms with Crippen molar-refractivity contribution in [1.29, 1.82) is 0 Å².